The second kappa shape index (κ2) is 14.7. The van der Waals surface area contributed by atoms with Crippen LogP contribution < -0.4 is 30.5 Å². The van der Waals surface area contributed by atoms with Crippen molar-refractivity contribution in [2.24, 2.45) is 0 Å². The summed E-state index contributed by atoms with van der Waals surface area (Å²) in [6.07, 6.45) is 0. The summed E-state index contributed by atoms with van der Waals surface area (Å²) in [6.45, 7) is 0. The standard InChI is InChI=1S/C52H38N4Si/c1-6-20-39(21-7-1)45-30-18-34-51(53-45)56(42-24-10-3-11-25-42)52-35-19-31-46(54-52)40-36-37-50-48(38-40)55(41-22-8-2-9-23-41)47-32-16-17-33-49(47)57(50,43-26-12-4-13-27-43)44-28-14-5-15-29-44/h1-38H. The topological polar surface area (TPSA) is 32.3 Å². The second-order valence-electron chi connectivity index (χ2n) is 14.2. The number of hydrogen-bond donors (Lipinski definition) is 0. The van der Waals surface area contributed by atoms with Crippen molar-refractivity contribution in [3.8, 4) is 22.5 Å². The molecule has 4 nitrogen and oxygen atoms in total. The Balaban J connectivity index is 1.18. The molecule has 0 unspecified atom stereocenters. The lowest BCUT2D eigenvalue weighted by molar-refractivity contribution is 1.13. The van der Waals surface area contributed by atoms with Crippen LogP contribution in [-0.2, 0) is 0 Å². The molecule has 9 aromatic rings. The zero-order chi connectivity index (χ0) is 38.0. The minimum Gasteiger partial charge on any atom is -0.311 e. The SMILES string of the molecule is c1ccc(-c2cccc(N(c3ccccc3)c3cccc(-c4ccc5c(c4)N(c4ccccc4)c4ccccc4[Si]5(c4ccccc4)c4ccccc4)n3)n2)cc1. The van der Waals surface area contributed by atoms with E-state index in [0.717, 1.165) is 45.5 Å². The van der Waals surface area contributed by atoms with Gasteiger partial charge in [-0.15, -0.1) is 0 Å². The lowest BCUT2D eigenvalue weighted by atomic mass is 10.1. The molecule has 0 N–H and O–H groups in total. The number of anilines is 6. The van der Waals surface area contributed by atoms with Gasteiger partial charge in [0.05, 0.1) is 11.4 Å². The fourth-order valence-corrected chi connectivity index (χ4v) is 13.5. The van der Waals surface area contributed by atoms with Crippen molar-refractivity contribution >= 4 is 63.2 Å². The zero-order valence-corrected chi connectivity index (χ0v) is 32.2. The van der Waals surface area contributed by atoms with Crippen LogP contribution >= 0.6 is 0 Å². The molecule has 0 amide bonds. The number of nitrogens with zero attached hydrogens (tertiary/aromatic N) is 4. The van der Waals surface area contributed by atoms with Crippen LogP contribution in [0.15, 0.2) is 231 Å². The van der Waals surface area contributed by atoms with Gasteiger partial charge in [0.15, 0.2) is 8.07 Å². The highest BCUT2D eigenvalue weighted by Gasteiger charge is 2.48. The van der Waals surface area contributed by atoms with Crippen LogP contribution in [0.2, 0.25) is 0 Å². The molecule has 0 spiro atoms. The highest BCUT2D eigenvalue weighted by Crippen LogP contribution is 2.40. The van der Waals surface area contributed by atoms with Crippen LogP contribution in [0.4, 0.5) is 34.4 Å². The van der Waals surface area contributed by atoms with Crippen LogP contribution in [0.1, 0.15) is 0 Å². The van der Waals surface area contributed by atoms with E-state index < -0.39 is 8.07 Å². The minimum absolute atomic E-state index is 0.789. The summed E-state index contributed by atoms with van der Waals surface area (Å²) >= 11 is 0. The van der Waals surface area contributed by atoms with Crippen molar-refractivity contribution in [3.05, 3.63) is 231 Å². The Bertz CT molecular complexity index is 2760. The molecule has 0 saturated carbocycles. The maximum Gasteiger partial charge on any atom is 0.184 e. The number of hydrogen-bond acceptors (Lipinski definition) is 4. The average molecular weight is 747 g/mol. The van der Waals surface area contributed by atoms with Gasteiger partial charge in [0.25, 0.3) is 0 Å². The third kappa shape index (κ3) is 6.02. The number of aromatic nitrogens is 2. The van der Waals surface area contributed by atoms with E-state index in [1.807, 2.05) is 24.3 Å². The van der Waals surface area contributed by atoms with Crippen molar-refractivity contribution in [1.29, 1.82) is 0 Å². The van der Waals surface area contributed by atoms with Gasteiger partial charge in [0.2, 0.25) is 0 Å². The number of rotatable bonds is 8. The number of fused-ring (bicyclic) bond motifs is 2. The molecule has 5 heteroatoms. The molecule has 0 saturated heterocycles. The van der Waals surface area contributed by atoms with Gasteiger partial charge in [-0.25, -0.2) is 9.97 Å². The minimum atomic E-state index is -2.80. The molecule has 2 aromatic heterocycles. The van der Waals surface area contributed by atoms with Gasteiger partial charge in [-0.05, 0) is 81.4 Å². The Kier molecular flexibility index (Phi) is 8.82. The molecule has 57 heavy (non-hydrogen) atoms. The van der Waals surface area contributed by atoms with E-state index in [4.69, 9.17) is 9.97 Å². The maximum atomic E-state index is 5.42. The first-order valence-corrected chi connectivity index (χ1v) is 21.3. The fourth-order valence-electron chi connectivity index (χ4n) is 8.46. The Morgan fingerprint density at radius 1 is 0.368 bits per heavy atom. The molecule has 0 aliphatic carbocycles. The quantitative estimate of drug-likeness (QED) is 0.145. The summed E-state index contributed by atoms with van der Waals surface area (Å²) in [5.74, 6) is 1.59. The zero-order valence-electron chi connectivity index (χ0n) is 31.2. The van der Waals surface area contributed by atoms with Crippen molar-refractivity contribution in [1.82, 2.24) is 9.97 Å². The van der Waals surface area contributed by atoms with Crippen LogP contribution in [0.25, 0.3) is 22.5 Å². The number of pyridine rings is 2. The highest BCUT2D eigenvalue weighted by atomic mass is 28.3. The van der Waals surface area contributed by atoms with Crippen molar-refractivity contribution in [2.75, 3.05) is 9.80 Å². The number of para-hydroxylation sites is 3. The summed E-state index contributed by atoms with van der Waals surface area (Å²) in [5.41, 5.74) is 8.37. The van der Waals surface area contributed by atoms with Gasteiger partial charge in [-0.1, -0.05) is 170 Å². The average Bonchev–Trinajstić information content (AvgIpc) is 3.30. The van der Waals surface area contributed by atoms with Crippen LogP contribution in [0.3, 0.4) is 0 Å². The molecule has 270 valence electrons. The van der Waals surface area contributed by atoms with Gasteiger partial charge in [-0.3, -0.25) is 4.90 Å². The first kappa shape index (κ1) is 34.2. The van der Waals surface area contributed by atoms with E-state index in [9.17, 15) is 0 Å². The van der Waals surface area contributed by atoms with Crippen LogP contribution in [0, 0.1) is 0 Å². The monoisotopic (exact) mass is 746 g/mol. The Morgan fingerprint density at radius 2 is 0.860 bits per heavy atom. The van der Waals surface area contributed by atoms with E-state index in [1.165, 1.54) is 32.1 Å². The first-order valence-electron chi connectivity index (χ1n) is 19.3. The van der Waals surface area contributed by atoms with Gasteiger partial charge in [0, 0.05) is 33.9 Å². The molecular formula is C52H38N4Si. The molecule has 0 bridgehead atoms. The second-order valence-corrected chi connectivity index (χ2v) is 17.9. The summed E-state index contributed by atoms with van der Waals surface area (Å²) < 4.78 is 0. The summed E-state index contributed by atoms with van der Waals surface area (Å²) in [7, 11) is -2.80. The molecule has 10 rings (SSSR count). The highest BCUT2D eigenvalue weighted by molar-refractivity contribution is 7.21. The van der Waals surface area contributed by atoms with Gasteiger partial charge in [0.1, 0.15) is 11.6 Å². The molecule has 0 atom stereocenters. The van der Waals surface area contributed by atoms with Crippen molar-refractivity contribution < 1.29 is 0 Å². The molecule has 1 aliphatic heterocycles. The molecule has 3 heterocycles. The Labute approximate surface area is 334 Å². The molecule has 0 radical (unpaired) electrons. The lowest BCUT2D eigenvalue weighted by Crippen LogP contribution is -2.77. The number of benzene rings is 7. The van der Waals surface area contributed by atoms with Gasteiger partial charge >= 0.3 is 0 Å². The summed E-state index contributed by atoms with van der Waals surface area (Å²) in [6, 6.07) is 82.3. The van der Waals surface area contributed by atoms with Crippen LogP contribution in [0.5, 0.6) is 0 Å². The van der Waals surface area contributed by atoms with Gasteiger partial charge < -0.3 is 4.90 Å². The Morgan fingerprint density at radius 3 is 1.47 bits per heavy atom. The summed E-state index contributed by atoms with van der Waals surface area (Å²) in [5, 5.41) is 5.42. The first-order chi connectivity index (χ1) is 28.3. The van der Waals surface area contributed by atoms with E-state index in [0.29, 0.717) is 0 Å². The Hall–Kier alpha value is -7.34. The third-order valence-corrected chi connectivity index (χ3v) is 15.8. The lowest BCUT2D eigenvalue weighted by Gasteiger charge is -2.45. The summed E-state index contributed by atoms with van der Waals surface area (Å²) in [4.78, 5) is 15.2. The molecule has 1 aliphatic rings. The largest absolute Gasteiger partial charge is 0.311 e. The molecule has 7 aromatic carbocycles. The third-order valence-electron chi connectivity index (χ3n) is 10.9. The fraction of sp³-hybridized carbons (Fsp3) is 0. The van der Waals surface area contributed by atoms with Gasteiger partial charge in [-0.2, -0.15) is 0 Å². The smallest absolute Gasteiger partial charge is 0.184 e. The maximum absolute atomic E-state index is 5.42. The van der Waals surface area contributed by atoms with E-state index in [-0.39, 0.29) is 0 Å². The van der Waals surface area contributed by atoms with Crippen molar-refractivity contribution in [3.63, 3.8) is 0 Å². The molecule has 0 fully saturated rings. The normalized spacial score (nSPS) is 12.7. The predicted molar refractivity (Wildman–Crippen MR) is 239 cm³/mol. The van der Waals surface area contributed by atoms with Crippen molar-refractivity contribution in [2.45, 2.75) is 0 Å². The predicted octanol–water partition coefficient (Wildman–Crippen LogP) is 10.4. The van der Waals surface area contributed by atoms with E-state index in [1.54, 1.807) is 0 Å². The van der Waals surface area contributed by atoms with E-state index >= 15 is 0 Å². The van der Waals surface area contributed by atoms with E-state index in [2.05, 4.69) is 216 Å². The molecular weight excluding hydrogens is 709 g/mol. The van der Waals surface area contributed by atoms with Crippen LogP contribution in [-0.4, -0.2) is 18.0 Å².